The van der Waals surface area contributed by atoms with Crippen molar-refractivity contribution in [2.24, 2.45) is 0 Å². The van der Waals surface area contributed by atoms with Gasteiger partial charge in [-0.1, -0.05) is 13.8 Å². The van der Waals surface area contributed by atoms with Crippen LogP contribution in [-0.2, 0) is 6.54 Å². The summed E-state index contributed by atoms with van der Waals surface area (Å²) in [5.41, 5.74) is 1.02. The Balaban J connectivity index is 2.23. The van der Waals surface area contributed by atoms with Crippen molar-refractivity contribution in [1.82, 2.24) is 15.1 Å². The number of halogens is 3. The molecule has 0 amide bonds. The van der Waals surface area contributed by atoms with Crippen LogP contribution in [0.15, 0.2) is 24.5 Å². The molecular weight excluding hydrogens is 255 g/mol. The predicted molar refractivity (Wildman–Crippen MR) is 65.4 cm³/mol. The third kappa shape index (κ3) is 3.14. The third-order valence-corrected chi connectivity index (χ3v) is 2.58. The molecule has 102 valence electrons. The monoisotopic (exact) mass is 269 g/mol. The number of nitrogens with zero attached hydrogens (tertiary/aromatic N) is 2. The van der Waals surface area contributed by atoms with Gasteiger partial charge >= 0.3 is 0 Å². The van der Waals surface area contributed by atoms with Gasteiger partial charge in [0.05, 0.1) is 11.9 Å². The Morgan fingerprint density at radius 2 is 1.84 bits per heavy atom. The van der Waals surface area contributed by atoms with Crippen LogP contribution in [-0.4, -0.2) is 15.8 Å². The average molecular weight is 269 g/mol. The lowest BCUT2D eigenvalue weighted by Crippen LogP contribution is -2.21. The number of rotatable bonds is 4. The zero-order valence-corrected chi connectivity index (χ0v) is 10.6. The maximum atomic E-state index is 13.1. The van der Waals surface area contributed by atoms with Crippen molar-refractivity contribution < 1.29 is 13.2 Å². The van der Waals surface area contributed by atoms with Crippen LogP contribution in [0.4, 0.5) is 13.2 Å². The molecule has 0 unspecified atom stereocenters. The Morgan fingerprint density at radius 1 is 1.21 bits per heavy atom. The first-order chi connectivity index (χ1) is 8.97. The number of nitrogens with one attached hydrogen (secondary N) is 1. The van der Waals surface area contributed by atoms with Gasteiger partial charge in [-0.05, 0) is 0 Å². The molecule has 0 aliphatic carbocycles. The summed E-state index contributed by atoms with van der Waals surface area (Å²) in [4.78, 5) is 0. The van der Waals surface area contributed by atoms with E-state index in [0.29, 0.717) is 12.6 Å². The molecule has 0 aliphatic heterocycles. The zero-order valence-electron chi connectivity index (χ0n) is 10.6. The van der Waals surface area contributed by atoms with Gasteiger partial charge in [-0.25, -0.2) is 17.9 Å². The van der Waals surface area contributed by atoms with Gasteiger partial charge in [0.2, 0.25) is 0 Å². The molecule has 3 nitrogen and oxygen atoms in total. The summed E-state index contributed by atoms with van der Waals surface area (Å²) >= 11 is 0. The first-order valence-electron chi connectivity index (χ1n) is 5.89. The molecule has 1 aromatic carbocycles. The topological polar surface area (TPSA) is 29.9 Å². The highest BCUT2D eigenvalue weighted by atomic mass is 19.2. The Hall–Kier alpha value is -1.82. The molecule has 2 aromatic rings. The molecule has 0 saturated carbocycles. The SMILES string of the molecule is CC(C)NCc1cnn(-c2cc(F)c(F)c(F)c2)c1. The molecular formula is C13H14F3N3. The largest absolute Gasteiger partial charge is 0.310 e. The maximum Gasteiger partial charge on any atom is 0.194 e. The van der Waals surface area contributed by atoms with E-state index >= 15 is 0 Å². The van der Waals surface area contributed by atoms with Gasteiger partial charge in [0.25, 0.3) is 0 Å². The second-order valence-electron chi connectivity index (χ2n) is 4.55. The van der Waals surface area contributed by atoms with Crippen molar-refractivity contribution in [3.8, 4) is 5.69 Å². The molecule has 0 radical (unpaired) electrons. The molecule has 0 fully saturated rings. The number of hydrogen-bond acceptors (Lipinski definition) is 2. The van der Waals surface area contributed by atoms with Crippen molar-refractivity contribution >= 4 is 0 Å². The average Bonchev–Trinajstić information content (AvgIpc) is 2.81. The van der Waals surface area contributed by atoms with E-state index in [-0.39, 0.29) is 5.69 Å². The van der Waals surface area contributed by atoms with Crippen molar-refractivity contribution in [2.75, 3.05) is 0 Å². The van der Waals surface area contributed by atoms with E-state index in [9.17, 15) is 13.2 Å². The minimum Gasteiger partial charge on any atom is -0.310 e. The zero-order chi connectivity index (χ0) is 14.0. The van der Waals surface area contributed by atoms with E-state index in [1.807, 2.05) is 13.8 Å². The lowest BCUT2D eigenvalue weighted by atomic mass is 10.3. The summed E-state index contributed by atoms with van der Waals surface area (Å²) in [6.07, 6.45) is 3.23. The summed E-state index contributed by atoms with van der Waals surface area (Å²) in [7, 11) is 0. The van der Waals surface area contributed by atoms with E-state index in [4.69, 9.17) is 0 Å². The number of aromatic nitrogens is 2. The Bertz CT molecular complexity index is 555. The minimum atomic E-state index is -1.47. The molecule has 2 rings (SSSR count). The number of hydrogen-bond donors (Lipinski definition) is 1. The molecule has 19 heavy (non-hydrogen) atoms. The summed E-state index contributed by atoms with van der Waals surface area (Å²) in [5, 5.41) is 7.19. The van der Waals surface area contributed by atoms with Crippen LogP contribution in [0.25, 0.3) is 5.69 Å². The van der Waals surface area contributed by atoms with Crippen molar-refractivity contribution in [3.63, 3.8) is 0 Å². The van der Waals surface area contributed by atoms with Crippen molar-refractivity contribution in [1.29, 1.82) is 0 Å². The molecule has 1 heterocycles. The molecule has 1 N–H and O–H groups in total. The van der Waals surface area contributed by atoms with Crippen molar-refractivity contribution in [2.45, 2.75) is 26.4 Å². The normalized spacial score (nSPS) is 11.3. The van der Waals surface area contributed by atoms with Gasteiger partial charge < -0.3 is 5.32 Å². The third-order valence-electron chi connectivity index (χ3n) is 2.58. The summed E-state index contributed by atoms with van der Waals surface area (Å²) in [6.45, 7) is 4.62. The molecule has 0 bridgehead atoms. The summed E-state index contributed by atoms with van der Waals surface area (Å²) in [6, 6.07) is 2.14. The highest BCUT2D eigenvalue weighted by Crippen LogP contribution is 2.16. The summed E-state index contributed by atoms with van der Waals surface area (Å²) in [5.74, 6) is -3.93. The van der Waals surface area contributed by atoms with Crippen LogP contribution in [0, 0.1) is 17.5 Å². The fourth-order valence-electron chi connectivity index (χ4n) is 1.59. The van der Waals surface area contributed by atoms with Gasteiger partial charge in [0, 0.05) is 36.5 Å². The second-order valence-corrected chi connectivity index (χ2v) is 4.55. The standard InChI is InChI=1S/C13H14F3N3/c1-8(2)17-5-9-6-18-19(7-9)10-3-11(14)13(16)12(15)4-10/h3-4,6-8,17H,5H2,1-2H3. The van der Waals surface area contributed by atoms with Gasteiger partial charge in [-0.3, -0.25) is 0 Å². The lowest BCUT2D eigenvalue weighted by molar-refractivity contribution is 0.446. The van der Waals surface area contributed by atoms with Crippen LogP contribution < -0.4 is 5.32 Å². The smallest absolute Gasteiger partial charge is 0.194 e. The Morgan fingerprint density at radius 3 is 2.42 bits per heavy atom. The van der Waals surface area contributed by atoms with Gasteiger partial charge in [0.1, 0.15) is 0 Å². The van der Waals surface area contributed by atoms with Crippen LogP contribution in [0.2, 0.25) is 0 Å². The van der Waals surface area contributed by atoms with Gasteiger partial charge in [0.15, 0.2) is 17.5 Å². The lowest BCUT2D eigenvalue weighted by Gasteiger charge is -2.05. The predicted octanol–water partition coefficient (Wildman–Crippen LogP) is 2.79. The van der Waals surface area contributed by atoms with E-state index < -0.39 is 17.5 Å². The van der Waals surface area contributed by atoms with Gasteiger partial charge in [-0.15, -0.1) is 0 Å². The van der Waals surface area contributed by atoms with Crippen LogP contribution in [0.1, 0.15) is 19.4 Å². The quantitative estimate of drug-likeness (QED) is 0.865. The van der Waals surface area contributed by atoms with E-state index in [2.05, 4.69) is 10.4 Å². The van der Waals surface area contributed by atoms with Crippen molar-refractivity contribution in [3.05, 3.63) is 47.5 Å². The fourth-order valence-corrected chi connectivity index (χ4v) is 1.59. The minimum absolute atomic E-state index is 0.146. The second kappa shape index (κ2) is 5.44. The highest BCUT2D eigenvalue weighted by molar-refractivity contribution is 5.33. The Kier molecular flexibility index (Phi) is 3.90. The first-order valence-corrected chi connectivity index (χ1v) is 5.89. The summed E-state index contributed by atoms with van der Waals surface area (Å²) < 4.78 is 40.4. The molecule has 0 atom stereocenters. The Labute approximate surface area is 109 Å². The van der Waals surface area contributed by atoms with E-state index in [0.717, 1.165) is 17.7 Å². The maximum absolute atomic E-state index is 13.1. The molecule has 0 saturated heterocycles. The van der Waals surface area contributed by atoms with Crippen LogP contribution >= 0.6 is 0 Å². The van der Waals surface area contributed by atoms with Crippen LogP contribution in [0.5, 0.6) is 0 Å². The molecule has 0 spiro atoms. The fraction of sp³-hybridized carbons (Fsp3) is 0.308. The molecule has 6 heteroatoms. The van der Waals surface area contributed by atoms with E-state index in [1.54, 1.807) is 12.4 Å². The van der Waals surface area contributed by atoms with Gasteiger partial charge in [-0.2, -0.15) is 5.10 Å². The van der Waals surface area contributed by atoms with Crippen LogP contribution in [0.3, 0.4) is 0 Å². The highest BCUT2D eigenvalue weighted by Gasteiger charge is 2.12. The molecule has 1 aromatic heterocycles. The van der Waals surface area contributed by atoms with E-state index in [1.165, 1.54) is 4.68 Å². The number of benzene rings is 1. The molecule has 0 aliphatic rings. The first kappa shape index (κ1) is 13.6.